The Morgan fingerprint density at radius 3 is 3.00 bits per heavy atom. The summed E-state index contributed by atoms with van der Waals surface area (Å²) in [5.41, 5.74) is 1.88. The minimum absolute atomic E-state index is 0.0719. The molecule has 3 nitrogen and oxygen atoms in total. The van der Waals surface area contributed by atoms with E-state index < -0.39 is 0 Å². The molecule has 3 rings (SSSR count). The van der Waals surface area contributed by atoms with Gasteiger partial charge in [-0.3, -0.25) is 0 Å². The van der Waals surface area contributed by atoms with Crippen molar-refractivity contribution in [2.45, 2.75) is 24.0 Å². The fourth-order valence-corrected chi connectivity index (χ4v) is 4.50. The van der Waals surface area contributed by atoms with E-state index in [0.29, 0.717) is 6.61 Å². The Hall–Kier alpha value is -1.33. The van der Waals surface area contributed by atoms with E-state index in [0.717, 1.165) is 16.3 Å². The molecule has 1 unspecified atom stereocenters. The summed E-state index contributed by atoms with van der Waals surface area (Å²) in [6, 6.07) is 8.23. The van der Waals surface area contributed by atoms with Crippen LogP contribution in [0.15, 0.2) is 51.4 Å². The molecule has 1 atom stereocenters. The van der Waals surface area contributed by atoms with Crippen LogP contribution in [0.2, 0.25) is 0 Å². The van der Waals surface area contributed by atoms with E-state index in [1.807, 2.05) is 30.7 Å². The zero-order valence-corrected chi connectivity index (χ0v) is 13.0. The molecule has 0 spiro atoms. The first-order chi connectivity index (χ1) is 9.72. The number of para-hydroxylation sites is 1. The molecule has 20 heavy (non-hydrogen) atoms. The van der Waals surface area contributed by atoms with E-state index in [2.05, 4.69) is 24.0 Å². The molecular weight excluding hydrogens is 290 g/mol. The standard InChI is InChI=1S/C15H15NO2S2/c1-3-18-15(17)13-10(2)20-12-7-5-4-6-11(12)16-8-9-19-14(13)16/h4-10H,3H2,1-2H3. The SMILES string of the molecule is CCOC(=O)C1=C2SC=CN2c2ccccc2SC1C. The van der Waals surface area contributed by atoms with E-state index >= 15 is 0 Å². The second-order valence-corrected chi connectivity index (χ2v) is 6.72. The highest BCUT2D eigenvalue weighted by molar-refractivity contribution is 8.06. The highest BCUT2D eigenvalue weighted by atomic mass is 32.2. The predicted octanol–water partition coefficient (Wildman–Crippen LogP) is 3.98. The van der Waals surface area contributed by atoms with Gasteiger partial charge >= 0.3 is 5.97 Å². The van der Waals surface area contributed by atoms with E-state index in [1.54, 1.807) is 23.5 Å². The monoisotopic (exact) mass is 305 g/mol. The average Bonchev–Trinajstić information content (AvgIpc) is 2.84. The topological polar surface area (TPSA) is 29.5 Å². The van der Waals surface area contributed by atoms with Crippen LogP contribution in [-0.2, 0) is 9.53 Å². The van der Waals surface area contributed by atoms with Crippen LogP contribution in [0.25, 0.3) is 0 Å². The minimum atomic E-state index is -0.212. The number of hydrogen-bond acceptors (Lipinski definition) is 5. The summed E-state index contributed by atoms with van der Waals surface area (Å²) in [6.45, 7) is 4.30. The molecule has 0 aliphatic carbocycles. The summed E-state index contributed by atoms with van der Waals surface area (Å²) < 4.78 is 5.24. The van der Waals surface area contributed by atoms with Crippen molar-refractivity contribution in [3.8, 4) is 0 Å². The number of nitrogens with zero attached hydrogens (tertiary/aromatic N) is 1. The third kappa shape index (κ3) is 2.25. The first kappa shape index (κ1) is 13.6. The van der Waals surface area contributed by atoms with Crippen LogP contribution in [-0.4, -0.2) is 17.8 Å². The summed E-state index contributed by atoms with van der Waals surface area (Å²) in [5, 5.41) is 3.05. The Morgan fingerprint density at radius 2 is 2.20 bits per heavy atom. The number of anilines is 1. The molecule has 0 radical (unpaired) electrons. The summed E-state index contributed by atoms with van der Waals surface area (Å²) in [7, 11) is 0. The molecule has 0 fully saturated rings. The lowest BCUT2D eigenvalue weighted by atomic mass is 10.2. The molecule has 2 aliphatic rings. The number of fused-ring (bicyclic) bond motifs is 3. The van der Waals surface area contributed by atoms with Crippen molar-refractivity contribution in [2.24, 2.45) is 0 Å². The number of thioether (sulfide) groups is 2. The van der Waals surface area contributed by atoms with Crippen molar-refractivity contribution in [3.05, 3.63) is 46.5 Å². The first-order valence-electron chi connectivity index (χ1n) is 6.52. The van der Waals surface area contributed by atoms with Crippen molar-refractivity contribution in [1.29, 1.82) is 0 Å². The molecule has 1 aromatic rings. The van der Waals surface area contributed by atoms with Crippen LogP contribution in [0.1, 0.15) is 13.8 Å². The van der Waals surface area contributed by atoms with Gasteiger partial charge in [-0.15, -0.1) is 11.8 Å². The van der Waals surface area contributed by atoms with Gasteiger partial charge in [-0.1, -0.05) is 23.9 Å². The zero-order valence-electron chi connectivity index (χ0n) is 11.3. The molecule has 0 bridgehead atoms. The second-order valence-electron chi connectivity index (χ2n) is 4.44. The predicted molar refractivity (Wildman–Crippen MR) is 84.6 cm³/mol. The lowest BCUT2D eigenvalue weighted by Gasteiger charge is -2.19. The lowest BCUT2D eigenvalue weighted by molar-refractivity contribution is -0.138. The number of rotatable bonds is 2. The molecule has 0 aromatic heterocycles. The molecule has 104 valence electrons. The van der Waals surface area contributed by atoms with Crippen LogP contribution >= 0.6 is 23.5 Å². The highest BCUT2D eigenvalue weighted by Gasteiger charge is 2.33. The van der Waals surface area contributed by atoms with Crippen molar-refractivity contribution in [2.75, 3.05) is 11.5 Å². The Kier molecular flexibility index (Phi) is 3.81. The van der Waals surface area contributed by atoms with Crippen molar-refractivity contribution in [1.82, 2.24) is 0 Å². The van der Waals surface area contributed by atoms with Gasteiger partial charge in [0.25, 0.3) is 0 Å². The van der Waals surface area contributed by atoms with Gasteiger partial charge in [0.2, 0.25) is 0 Å². The molecule has 2 heterocycles. The number of carbonyl (C=O) groups excluding carboxylic acids is 1. The molecular formula is C15H15NO2S2. The van der Waals surface area contributed by atoms with Crippen LogP contribution in [0.5, 0.6) is 0 Å². The van der Waals surface area contributed by atoms with Gasteiger partial charge < -0.3 is 9.64 Å². The molecule has 0 N–H and O–H groups in total. The smallest absolute Gasteiger partial charge is 0.337 e. The van der Waals surface area contributed by atoms with Gasteiger partial charge in [-0.25, -0.2) is 4.79 Å². The fraction of sp³-hybridized carbons (Fsp3) is 0.267. The summed E-state index contributed by atoms with van der Waals surface area (Å²) in [4.78, 5) is 15.6. The molecule has 0 saturated heterocycles. The number of ether oxygens (including phenoxy) is 1. The Morgan fingerprint density at radius 1 is 1.40 bits per heavy atom. The minimum Gasteiger partial charge on any atom is -0.463 e. The van der Waals surface area contributed by atoms with E-state index in [9.17, 15) is 4.79 Å². The third-order valence-electron chi connectivity index (χ3n) is 3.17. The molecule has 5 heteroatoms. The lowest BCUT2D eigenvalue weighted by Crippen LogP contribution is -2.20. The van der Waals surface area contributed by atoms with Gasteiger partial charge in [0.15, 0.2) is 0 Å². The van der Waals surface area contributed by atoms with Gasteiger partial charge in [-0.2, -0.15) is 0 Å². The van der Waals surface area contributed by atoms with Gasteiger partial charge in [0.05, 0.1) is 22.9 Å². The molecule has 1 aromatic carbocycles. The van der Waals surface area contributed by atoms with Crippen LogP contribution < -0.4 is 4.90 Å². The maximum absolute atomic E-state index is 12.3. The third-order valence-corrected chi connectivity index (χ3v) is 5.26. The first-order valence-corrected chi connectivity index (χ1v) is 8.28. The van der Waals surface area contributed by atoms with Crippen LogP contribution in [0, 0.1) is 0 Å². The summed E-state index contributed by atoms with van der Waals surface area (Å²) in [5.74, 6) is -0.212. The number of hydrogen-bond donors (Lipinski definition) is 0. The zero-order chi connectivity index (χ0) is 14.1. The maximum Gasteiger partial charge on any atom is 0.337 e. The van der Waals surface area contributed by atoms with Gasteiger partial charge in [0, 0.05) is 16.3 Å². The van der Waals surface area contributed by atoms with E-state index in [-0.39, 0.29) is 11.2 Å². The number of carbonyl (C=O) groups is 1. The van der Waals surface area contributed by atoms with Crippen molar-refractivity contribution in [3.63, 3.8) is 0 Å². The van der Waals surface area contributed by atoms with E-state index in [1.165, 1.54) is 4.90 Å². The maximum atomic E-state index is 12.3. The normalized spacial score (nSPS) is 20.5. The average molecular weight is 305 g/mol. The highest BCUT2D eigenvalue weighted by Crippen LogP contribution is 2.47. The molecule has 0 saturated carbocycles. The van der Waals surface area contributed by atoms with Crippen LogP contribution in [0.3, 0.4) is 0 Å². The van der Waals surface area contributed by atoms with Gasteiger partial charge in [-0.05, 0) is 31.4 Å². The Labute approximate surface area is 127 Å². The summed E-state index contributed by atoms with van der Waals surface area (Å²) >= 11 is 3.28. The Bertz CT molecular complexity index is 610. The van der Waals surface area contributed by atoms with E-state index in [4.69, 9.17) is 4.74 Å². The largest absolute Gasteiger partial charge is 0.463 e. The van der Waals surface area contributed by atoms with Crippen molar-refractivity contribution < 1.29 is 9.53 Å². The number of esters is 1. The second kappa shape index (κ2) is 5.58. The van der Waals surface area contributed by atoms with Crippen LogP contribution in [0.4, 0.5) is 5.69 Å². The van der Waals surface area contributed by atoms with Gasteiger partial charge in [0.1, 0.15) is 0 Å². The molecule has 0 amide bonds. The summed E-state index contributed by atoms with van der Waals surface area (Å²) in [6.07, 6.45) is 2.01. The fourth-order valence-electron chi connectivity index (χ4n) is 2.30. The van der Waals surface area contributed by atoms with Crippen molar-refractivity contribution >= 4 is 35.2 Å². The Balaban J connectivity index is 2.11. The number of benzene rings is 1. The molecule has 2 aliphatic heterocycles. The quantitative estimate of drug-likeness (QED) is 0.771.